The van der Waals surface area contributed by atoms with Crippen LogP contribution in [0.4, 0.5) is 23.2 Å². The van der Waals surface area contributed by atoms with E-state index in [9.17, 15) is 22.8 Å². The fourth-order valence-electron chi connectivity index (χ4n) is 0.963. The van der Waals surface area contributed by atoms with E-state index >= 15 is 0 Å². The molecule has 82 valence electrons. The Hall–Kier alpha value is -1.11. The Labute approximate surface area is 90.5 Å². The Morgan fingerprint density at radius 3 is 2.27 bits per heavy atom. The van der Waals surface area contributed by atoms with E-state index < -0.39 is 27.7 Å². The standard InChI is InChI=1S/C8H4BrF4NO/c1-14(15)6-3-4(10)2-5(7(6)9)8(11,12)13/h2-3H,1H2. The van der Waals surface area contributed by atoms with Crippen molar-refractivity contribution in [3.05, 3.63) is 33.2 Å². The first-order valence-electron chi connectivity index (χ1n) is 3.57. The van der Waals surface area contributed by atoms with Crippen molar-refractivity contribution >= 4 is 28.3 Å². The van der Waals surface area contributed by atoms with E-state index in [1.807, 2.05) is 0 Å². The molecule has 0 fully saturated rings. The lowest BCUT2D eigenvalue weighted by Crippen LogP contribution is -2.08. The van der Waals surface area contributed by atoms with Crippen LogP contribution in [0.15, 0.2) is 16.6 Å². The van der Waals surface area contributed by atoms with E-state index in [4.69, 9.17) is 0 Å². The van der Waals surface area contributed by atoms with Gasteiger partial charge in [0.25, 0.3) is 0 Å². The van der Waals surface area contributed by atoms with Gasteiger partial charge in [0.2, 0.25) is 5.69 Å². The van der Waals surface area contributed by atoms with Gasteiger partial charge in [0.1, 0.15) is 17.0 Å². The molecular weight excluding hydrogens is 282 g/mol. The van der Waals surface area contributed by atoms with Crippen molar-refractivity contribution in [2.45, 2.75) is 6.18 Å². The lowest BCUT2D eigenvalue weighted by Gasteiger charge is -2.11. The van der Waals surface area contributed by atoms with Gasteiger partial charge in [-0.1, -0.05) is 0 Å². The van der Waals surface area contributed by atoms with E-state index in [2.05, 4.69) is 22.6 Å². The summed E-state index contributed by atoms with van der Waals surface area (Å²) in [5.41, 5.74) is -1.76. The molecule has 0 saturated carbocycles. The Morgan fingerprint density at radius 2 is 1.87 bits per heavy atom. The fraction of sp³-hybridized carbons (Fsp3) is 0.125. The molecule has 0 saturated heterocycles. The van der Waals surface area contributed by atoms with Crippen molar-refractivity contribution in [2.24, 2.45) is 0 Å². The zero-order valence-corrected chi connectivity index (χ0v) is 8.69. The van der Waals surface area contributed by atoms with E-state index in [1.165, 1.54) is 0 Å². The SMILES string of the molecule is C=[N+]([O-])c1cc(F)cc(C(F)(F)F)c1Br. The highest BCUT2D eigenvalue weighted by molar-refractivity contribution is 9.10. The van der Waals surface area contributed by atoms with E-state index in [1.54, 1.807) is 0 Å². The first-order valence-corrected chi connectivity index (χ1v) is 4.37. The first-order chi connectivity index (χ1) is 6.73. The molecule has 1 aromatic rings. The molecule has 0 bridgehead atoms. The monoisotopic (exact) mass is 285 g/mol. The van der Waals surface area contributed by atoms with E-state index in [0.29, 0.717) is 12.1 Å². The molecule has 2 nitrogen and oxygen atoms in total. The Kier molecular flexibility index (Phi) is 3.03. The van der Waals surface area contributed by atoms with E-state index in [0.717, 1.165) is 0 Å². The number of benzene rings is 1. The molecule has 0 aliphatic heterocycles. The second-order valence-electron chi connectivity index (χ2n) is 2.66. The lowest BCUT2D eigenvalue weighted by atomic mass is 10.2. The first kappa shape index (κ1) is 12.0. The van der Waals surface area contributed by atoms with Crippen LogP contribution in [0.2, 0.25) is 0 Å². The van der Waals surface area contributed by atoms with Gasteiger partial charge in [-0.3, -0.25) is 0 Å². The van der Waals surface area contributed by atoms with Crippen molar-refractivity contribution in [1.29, 1.82) is 0 Å². The predicted octanol–water partition coefficient (Wildman–Crippen LogP) is 3.45. The molecule has 0 atom stereocenters. The molecule has 15 heavy (non-hydrogen) atoms. The zero-order valence-electron chi connectivity index (χ0n) is 7.11. The molecule has 0 amide bonds. The summed E-state index contributed by atoms with van der Waals surface area (Å²) < 4.78 is 49.2. The quantitative estimate of drug-likeness (QED) is 0.255. The van der Waals surface area contributed by atoms with Crippen LogP contribution in [0.25, 0.3) is 0 Å². The van der Waals surface area contributed by atoms with Crippen LogP contribution < -0.4 is 0 Å². The van der Waals surface area contributed by atoms with Crippen LogP contribution >= 0.6 is 15.9 Å². The lowest BCUT2D eigenvalue weighted by molar-refractivity contribution is -0.351. The smallest absolute Gasteiger partial charge is 0.417 e. The van der Waals surface area contributed by atoms with Gasteiger partial charge in [-0.15, -0.1) is 0 Å². The third-order valence-electron chi connectivity index (χ3n) is 1.59. The van der Waals surface area contributed by atoms with Crippen LogP contribution in [0.3, 0.4) is 0 Å². The van der Waals surface area contributed by atoms with Crippen molar-refractivity contribution < 1.29 is 22.3 Å². The molecule has 0 unspecified atom stereocenters. The maximum absolute atomic E-state index is 12.8. The molecular formula is C8H4BrF4NO. The fourth-order valence-corrected chi connectivity index (χ4v) is 1.61. The normalized spacial score (nSPS) is 11.5. The Balaban J connectivity index is 3.49. The van der Waals surface area contributed by atoms with Gasteiger partial charge in [-0.25, -0.2) is 4.39 Å². The molecule has 0 radical (unpaired) electrons. The Bertz CT molecular complexity index is 416. The summed E-state index contributed by atoms with van der Waals surface area (Å²) in [6.07, 6.45) is -4.73. The van der Waals surface area contributed by atoms with Crippen LogP contribution in [0.1, 0.15) is 5.56 Å². The van der Waals surface area contributed by atoms with Crippen LogP contribution in [0, 0.1) is 11.0 Å². The molecule has 7 heteroatoms. The summed E-state index contributed by atoms with van der Waals surface area (Å²) in [5.74, 6) is -1.15. The molecule has 0 N–H and O–H groups in total. The highest BCUT2D eigenvalue weighted by Crippen LogP contribution is 2.39. The van der Waals surface area contributed by atoms with Crippen molar-refractivity contribution in [3.8, 4) is 0 Å². The van der Waals surface area contributed by atoms with Gasteiger partial charge >= 0.3 is 6.18 Å². The van der Waals surface area contributed by atoms with Crippen molar-refractivity contribution in [3.63, 3.8) is 0 Å². The van der Waals surface area contributed by atoms with Gasteiger partial charge in [0.15, 0.2) is 0 Å². The molecule has 0 aromatic heterocycles. The number of hydrogen-bond acceptors (Lipinski definition) is 1. The van der Waals surface area contributed by atoms with Gasteiger partial charge in [-0.2, -0.15) is 17.9 Å². The summed E-state index contributed by atoms with van der Waals surface area (Å²) in [4.78, 5) is 0. The highest BCUT2D eigenvalue weighted by Gasteiger charge is 2.36. The molecule has 0 spiro atoms. The van der Waals surface area contributed by atoms with Crippen LogP contribution in [-0.4, -0.2) is 11.5 Å². The van der Waals surface area contributed by atoms with Crippen LogP contribution in [0.5, 0.6) is 0 Å². The number of alkyl halides is 3. The maximum atomic E-state index is 12.8. The number of rotatable bonds is 1. The third kappa shape index (κ3) is 2.47. The summed E-state index contributed by atoms with van der Waals surface area (Å²) in [5, 5.41) is 10.7. The predicted molar refractivity (Wildman–Crippen MR) is 49.5 cm³/mol. The zero-order chi connectivity index (χ0) is 11.8. The summed E-state index contributed by atoms with van der Waals surface area (Å²) in [6.45, 7) is 2.85. The highest BCUT2D eigenvalue weighted by atomic mass is 79.9. The minimum atomic E-state index is -4.73. The average molecular weight is 286 g/mol. The Morgan fingerprint density at radius 1 is 1.33 bits per heavy atom. The van der Waals surface area contributed by atoms with Crippen molar-refractivity contribution in [2.75, 3.05) is 0 Å². The molecule has 0 heterocycles. The minimum absolute atomic E-state index is 0.0948. The summed E-state index contributed by atoms with van der Waals surface area (Å²) in [6, 6.07) is 0.969. The molecule has 1 aromatic carbocycles. The topological polar surface area (TPSA) is 26.1 Å². The maximum Gasteiger partial charge on any atom is 0.417 e. The van der Waals surface area contributed by atoms with Gasteiger partial charge in [0.05, 0.1) is 5.56 Å². The molecule has 0 aliphatic carbocycles. The number of hydrogen-bond donors (Lipinski definition) is 0. The van der Waals surface area contributed by atoms with Gasteiger partial charge in [-0.05, 0) is 22.0 Å². The molecule has 0 aliphatic rings. The third-order valence-corrected chi connectivity index (χ3v) is 2.43. The summed E-state index contributed by atoms with van der Waals surface area (Å²) in [7, 11) is 0. The second-order valence-corrected chi connectivity index (χ2v) is 3.46. The molecule has 1 rings (SSSR count). The van der Waals surface area contributed by atoms with Gasteiger partial charge < -0.3 is 5.21 Å². The largest absolute Gasteiger partial charge is 0.619 e. The summed E-state index contributed by atoms with van der Waals surface area (Å²) >= 11 is 2.58. The van der Waals surface area contributed by atoms with E-state index in [-0.39, 0.29) is 4.74 Å². The van der Waals surface area contributed by atoms with Crippen LogP contribution in [-0.2, 0) is 6.18 Å². The van der Waals surface area contributed by atoms with Crippen molar-refractivity contribution in [1.82, 2.24) is 0 Å². The number of nitrogens with zero attached hydrogens (tertiary/aromatic N) is 1. The van der Waals surface area contributed by atoms with Gasteiger partial charge in [0, 0.05) is 6.07 Å². The number of halogens is 5. The minimum Gasteiger partial charge on any atom is -0.619 e. The second kappa shape index (κ2) is 3.80. The average Bonchev–Trinajstić information content (AvgIpc) is 2.06.